The van der Waals surface area contributed by atoms with Crippen LogP contribution in [0.25, 0.3) is 44.5 Å². The average Bonchev–Trinajstić information content (AvgIpc) is 3.50. The summed E-state index contributed by atoms with van der Waals surface area (Å²) in [6.45, 7) is 2.52. The van der Waals surface area contributed by atoms with E-state index in [9.17, 15) is 0 Å². The number of ether oxygens (including phenoxy) is 1. The van der Waals surface area contributed by atoms with Crippen LogP contribution < -0.4 is 4.74 Å². The number of aromatic nitrogens is 4. The fourth-order valence-corrected chi connectivity index (χ4v) is 4.93. The van der Waals surface area contributed by atoms with Gasteiger partial charge in [0.2, 0.25) is 0 Å². The van der Waals surface area contributed by atoms with E-state index in [0.717, 1.165) is 65.1 Å². The third-order valence-electron chi connectivity index (χ3n) is 6.76. The Labute approximate surface area is 211 Å². The van der Waals surface area contributed by atoms with Gasteiger partial charge in [-0.1, -0.05) is 30.3 Å². The molecular formula is C30H29N5O. The SMILES string of the molecule is CN(C)CCOc1ccc(-c2ccc3c(-c4c(-c5ccccn5)nn5c4CCC5)ccnc3c2)cc1. The quantitative estimate of drug-likeness (QED) is 0.302. The number of benzene rings is 2. The van der Waals surface area contributed by atoms with Crippen molar-refractivity contribution in [3.05, 3.63) is 84.8 Å². The van der Waals surface area contributed by atoms with Gasteiger partial charge in [-0.15, -0.1) is 0 Å². The normalized spacial score (nSPS) is 12.9. The Kier molecular flexibility index (Phi) is 5.95. The summed E-state index contributed by atoms with van der Waals surface area (Å²) in [4.78, 5) is 11.5. The van der Waals surface area contributed by atoms with E-state index in [1.165, 1.54) is 16.8 Å². The summed E-state index contributed by atoms with van der Waals surface area (Å²) in [5.41, 5.74) is 8.75. The summed E-state index contributed by atoms with van der Waals surface area (Å²) >= 11 is 0. The van der Waals surface area contributed by atoms with Crippen molar-refractivity contribution in [2.75, 3.05) is 27.2 Å². The predicted octanol–water partition coefficient (Wildman–Crippen LogP) is 5.71. The molecule has 0 spiro atoms. The molecule has 0 radical (unpaired) electrons. The molecule has 180 valence electrons. The number of likely N-dealkylation sites (N-methyl/N-ethyl adjacent to an activating group) is 1. The van der Waals surface area contributed by atoms with Crippen LogP contribution >= 0.6 is 0 Å². The van der Waals surface area contributed by atoms with Crippen molar-refractivity contribution < 1.29 is 4.74 Å². The lowest BCUT2D eigenvalue weighted by atomic mass is 9.95. The highest BCUT2D eigenvalue weighted by Crippen LogP contribution is 2.40. The van der Waals surface area contributed by atoms with Gasteiger partial charge in [-0.25, -0.2) is 0 Å². The molecule has 0 atom stereocenters. The zero-order valence-corrected chi connectivity index (χ0v) is 20.7. The second-order valence-corrected chi connectivity index (χ2v) is 9.48. The lowest BCUT2D eigenvalue weighted by Gasteiger charge is -2.12. The molecule has 36 heavy (non-hydrogen) atoms. The predicted molar refractivity (Wildman–Crippen MR) is 144 cm³/mol. The van der Waals surface area contributed by atoms with Crippen LogP contribution in [0, 0.1) is 0 Å². The van der Waals surface area contributed by atoms with E-state index in [1.54, 1.807) is 0 Å². The molecule has 0 saturated heterocycles. The van der Waals surface area contributed by atoms with Crippen LogP contribution in [0.1, 0.15) is 12.1 Å². The zero-order chi connectivity index (χ0) is 24.5. The number of aryl methyl sites for hydroxylation is 1. The minimum atomic E-state index is 0.675. The van der Waals surface area contributed by atoms with Crippen LogP contribution in [-0.2, 0) is 13.0 Å². The first-order valence-corrected chi connectivity index (χ1v) is 12.5. The largest absolute Gasteiger partial charge is 0.492 e. The standard InChI is InChI=1S/C30H29N5O/c1-34(2)18-19-36-23-11-8-21(9-12-23)22-10-13-24-25(14-16-32-27(24)20-22)29-28-7-5-17-35(28)33-30(29)26-6-3-4-15-31-26/h3-4,6,8-16,20H,5,7,17-19H2,1-2H3. The van der Waals surface area contributed by atoms with Crippen molar-refractivity contribution >= 4 is 10.9 Å². The van der Waals surface area contributed by atoms with Gasteiger partial charge >= 0.3 is 0 Å². The van der Waals surface area contributed by atoms with Gasteiger partial charge in [0.25, 0.3) is 0 Å². The van der Waals surface area contributed by atoms with E-state index in [1.807, 2.05) is 56.8 Å². The van der Waals surface area contributed by atoms with Gasteiger partial charge in [-0.2, -0.15) is 5.10 Å². The summed E-state index contributed by atoms with van der Waals surface area (Å²) in [6.07, 6.45) is 5.89. The number of hydrogen-bond donors (Lipinski definition) is 0. The van der Waals surface area contributed by atoms with Crippen LogP contribution in [-0.4, -0.2) is 51.9 Å². The van der Waals surface area contributed by atoms with Gasteiger partial charge < -0.3 is 9.64 Å². The second kappa shape index (κ2) is 9.55. The highest BCUT2D eigenvalue weighted by Gasteiger charge is 2.25. The molecule has 3 aromatic heterocycles. The molecule has 1 aliphatic heterocycles. The van der Waals surface area contributed by atoms with Crippen molar-refractivity contribution in [3.63, 3.8) is 0 Å². The first-order valence-electron chi connectivity index (χ1n) is 12.5. The summed E-state index contributed by atoms with van der Waals surface area (Å²) in [7, 11) is 4.09. The lowest BCUT2D eigenvalue weighted by Crippen LogP contribution is -2.19. The monoisotopic (exact) mass is 475 g/mol. The third-order valence-corrected chi connectivity index (χ3v) is 6.76. The maximum atomic E-state index is 5.85. The van der Waals surface area contributed by atoms with Gasteiger partial charge in [0.15, 0.2) is 0 Å². The van der Waals surface area contributed by atoms with Crippen molar-refractivity contribution in [1.82, 2.24) is 24.6 Å². The molecule has 1 aliphatic rings. The van der Waals surface area contributed by atoms with Gasteiger partial charge in [0.05, 0.1) is 11.2 Å². The van der Waals surface area contributed by atoms with Crippen LogP contribution in [0.3, 0.4) is 0 Å². The minimum Gasteiger partial charge on any atom is -0.492 e. The Hall–Kier alpha value is -4.03. The molecule has 0 bridgehead atoms. The van der Waals surface area contributed by atoms with Crippen molar-refractivity contribution in [1.29, 1.82) is 0 Å². The summed E-state index contributed by atoms with van der Waals surface area (Å²) in [5, 5.41) is 6.10. The number of rotatable bonds is 7. The molecule has 6 heteroatoms. The Morgan fingerprint density at radius 1 is 0.917 bits per heavy atom. The van der Waals surface area contributed by atoms with E-state index >= 15 is 0 Å². The van der Waals surface area contributed by atoms with E-state index in [-0.39, 0.29) is 0 Å². The second-order valence-electron chi connectivity index (χ2n) is 9.48. The topological polar surface area (TPSA) is 56.1 Å². The molecule has 5 aromatic rings. The number of pyridine rings is 2. The average molecular weight is 476 g/mol. The van der Waals surface area contributed by atoms with E-state index in [4.69, 9.17) is 14.8 Å². The maximum Gasteiger partial charge on any atom is 0.119 e. The Morgan fingerprint density at radius 3 is 2.58 bits per heavy atom. The highest BCUT2D eigenvalue weighted by atomic mass is 16.5. The Balaban J connectivity index is 1.37. The fourth-order valence-electron chi connectivity index (χ4n) is 4.93. The van der Waals surface area contributed by atoms with Crippen molar-refractivity contribution in [3.8, 4) is 39.4 Å². The number of fused-ring (bicyclic) bond motifs is 2. The number of nitrogens with zero attached hydrogens (tertiary/aromatic N) is 5. The van der Waals surface area contributed by atoms with Gasteiger partial charge in [-0.3, -0.25) is 14.6 Å². The molecule has 6 nitrogen and oxygen atoms in total. The maximum absolute atomic E-state index is 5.85. The molecule has 0 amide bonds. The first-order chi connectivity index (χ1) is 17.7. The molecule has 2 aromatic carbocycles. The Bertz CT molecular complexity index is 1510. The van der Waals surface area contributed by atoms with Crippen LogP contribution in [0.5, 0.6) is 5.75 Å². The van der Waals surface area contributed by atoms with E-state index in [2.05, 4.69) is 51.0 Å². The van der Waals surface area contributed by atoms with Gasteiger partial charge in [-0.05, 0) is 80.0 Å². The molecule has 0 N–H and O–H groups in total. The molecular weight excluding hydrogens is 446 g/mol. The molecule has 0 fully saturated rings. The molecule has 0 aliphatic carbocycles. The zero-order valence-electron chi connectivity index (χ0n) is 20.7. The molecule has 0 unspecified atom stereocenters. The van der Waals surface area contributed by atoms with Gasteiger partial charge in [0.1, 0.15) is 18.1 Å². The first kappa shape index (κ1) is 22.4. The van der Waals surface area contributed by atoms with Crippen molar-refractivity contribution in [2.24, 2.45) is 0 Å². The summed E-state index contributed by atoms with van der Waals surface area (Å²) in [6, 6.07) is 23.0. The minimum absolute atomic E-state index is 0.675. The van der Waals surface area contributed by atoms with Gasteiger partial charge in [0, 0.05) is 42.1 Å². The van der Waals surface area contributed by atoms with E-state index < -0.39 is 0 Å². The molecule has 4 heterocycles. The van der Waals surface area contributed by atoms with Crippen LogP contribution in [0.15, 0.2) is 79.1 Å². The smallest absolute Gasteiger partial charge is 0.119 e. The van der Waals surface area contributed by atoms with Crippen LogP contribution in [0.2, 0.25) is 0 Å². The highest BCUT2D eigenvalue weighted by molar-refractivity contribution is 6.00. The summed E-state index contributed by atoms with van der Waals surface area (Å²) in [5.74, 6) is 0.888. The summed E-state index contributed by atoms with van der Waals surface area (Å²) < 4.78 is 8.01. The van der Waals surface area contributed by atoms with E-state index in [0.29, 0.717) is 6.61 Å². The molecule has 6 rings (SSSR count). The fraction of sp³-hybridized carbons (Fsp3) is 0.233. The lowest BCUT2D eigenvalue weighted by molar-refractivity contribution is 0.261. The molecule has 0 saturated carbocycles. The van der Waals surface area contributed by atoms with Crippen LogP contribution in [0.4, 0.5) is 0 Å². The number of hydrogen-bond acceptors (Lipinski definition) is 5. The Morgan fingerprint density at radius 2 is 1.78 bits per heavy atom. The third kappa shape index (κ3) is 4.25. The van der Waals surface area contributed by atoms with Crippen molar-refractivity contribution in [2.45, 2.75) is 19.4 Å².